The topological polar surface area (TPSA) is 92.8 Å². The van der Waals surface area contributed by atoms with Crippen molar-refractivity contribution in [3.8, 4) is 0 Å². The number of sulfonamides is 1. The van der Waals surface area contributed by atoms with Crippen LogP contribution in [-0.4, -0.2) is 39.7 Å². The monoisotopic (exact) mass is 420 g/mol. The number of aryl methyl sites for hydroxylation is 2. The van der Waals surface area contributed by atoms with Gasteiger partial charge in [-0.05, 0) is 55.3 Å². The Morgan fingerprint density at radius 1 is 1.18 bits per heavy atom. The summed E-state index contributed by atoms with van der Waals surface area (Å²) in [6.45, 7) is 3.58. The molecule has 0 aliphatic carbocycles. The molecule has 9 heteroatoms. The molecule has 0 atom stereocenters. The number of hydrogen-bond donors (Lipinski definition) is 1. The fraction of sp³-hybridized carbons (Fsp3) is 0.263. The lowest BCUT2D eigenvalue weighted by Gasteiger charge is -2.28. The molecular formula is C19H20N2O5S2. The summed E-state index contributed by atoms with van der Waals surface area (Å²) in [4.78, 5) is 25.9. The minimum absolute atomic E-state index is 0.00893. The number of hydrogen-bond acceptors (Lipinski definition) is 6. The van der Waals surface area contributed by atoms with Gasteiger partial charge >= 0.3 is 5.97 Å². The predicted molar refractivity (Wildman–Crippen MR) is 108 cm³/mol. The Bertz CT molecular complexity index is 1050. The Labute approximate surface area is 168 Å². The number of rotatable bonds is 5. The van der Waals surface area contributed by atoms with Crippen molar-refractivity contribution in [2.24, 2.45) is 0 Å². The van der Waals surface area contributed by atoms with Crippen molar-refractivity contribution in [2.75, 3.05) is 29.0 Å². The number of fused-ring (bicyclic) bond motifs is 1. The number of benzene rings is 2. The minimum Gasteiger partial charge on any atom is -0.468 e. The molecule has 0 fully saturated rings. The highest BCUT2D eigenvalue weighted by molar-refractivity contribution is 8.00. The molecule has 0 saturated carbocycles. The van der Waals surface area contributed by atoms with Crippen LogP contribution in [0, 0.1) is 13.8 Å². The Morgan fingerprint density at radius 2 is 1.93 bits per heavy atom. The first kappa shape index (κ1) is 20.2. The van der Waals surface area contributed by atoms with E-state index in [2.05, 4.69) is 9.46 Å². The zero-order valence-corrected chi connectivity index (χ0v) is 17.3. The van der Waals surface area contributed by atoms with Crippen LogP contribution in [0.1, 0.15) is 11.1 Å². The van der Waals surface area contributed by atoms with Crippen molar-refractivity contribution >= 4 is 45.0 Å². The zero-order valence-electron chi connectivity index (χ0n) is 15.7. The van der Waals surface area contributed by atoms with E-state index in [0.29, 0.717) is 11.4 Å². The van der Waals surface area contributed by atoms with Gasteiger partial charge < -0.3 is 4.74 Å². The predicted octanol–water partition coefficient (Wildman–Crippen LogP) is 2.72. The first-order chi connectivity index (χ1) is 13.2. The summed E-state index contributed by atoms with van der Waals surface area (Å²) in [7, 11) is -2.63. The number of carbonyl (C=O) groups excluding carboxylic acids is 2. The van der Waals surface area contributed by atoms with Crippen molar-refractivity contribution in [1.29, 1.82) is 0 Å². The van der Waals surface area contributed by atoms with Crippen LogP contribution in [0.3, 0.4) is 0 Å². The van der Waals surface area contributed by atoms with E-state index in [4.69, 9.17) is 0 Å². The maximum atomic E-state index is 12.8. The Kier molecular flexibility index (Phi) is 5.66. The van der Waals surface area contributed by atoms with Crippen LogP contribution in [0.4, 0.5) is 11.4 Å². The van der Waals surface area contributed by atoms with Crippen LogP contribution >= 0.6 is 11.8 Å². The number of carbonyl (C=O) groups is 2. The summed E-state index contributed by atoms with van der Waals surface area (Å²) in [6.07, 6.45) is 0. The molecule has 7 nitrogen and oxygen atoms in total. The maximum absolute atomic E-state index is 12.8. The second-order valence-electron chi connectivity index (χ2n) is 6.38. The summed E-state index contributed by atoms with van der Waals surface area (Å²) >= 11 is 1.30. The van der Waals surface area contributed by atoms with E-state index in [9.17, 15) is 18.0 Å². The Morgan fingerprint density at radius 3 is 2.61 bits per heavy atom. The fourth-order valence-electron chi connectivity index (χ4n) is 2.74. The molecule has 2 aromatic rings. The van der Waals surface area contributed by atoms with E-state index in [1.54, 1.807) is 18.2 Å². The minimum atomic E-state index is -3.86. The molecule has 0 radical (unpaired) electrons. The number of methoxy groups -OCH3 is 1. The van der Waals surface area contributed by atoms with Gasteiger partial charge in [0.25, 0.3) is 10.0 Å². The van der Waals surface area contributed by atoms with Gasteiger partial charge in [-0.25, -0.2) is 8.42 Å². The molecular weight excluding hydrogens is 400 g/mol. The van der Waals surface area contributed by atoms with E-state index >= 15 is 0 Å². The smallest absolute Gasteiger partial charge is 0.325 e. The van der Waals surface area contributed by atoms with Gasteiger partial charge in [0.2, 0.25) is 5.91 Å². The van der Waals surface area contributed by atoms with Gasteiger partial charge in [0, 0.05) is 10.6 Å². The summed E-state index contributed by atoms with van der Waals surface area (Å²) in [5.74, 6) is -0.677. The van der Waals surface area contributed by atoms with Crippen LogP contribution < -0.4 is 9.62 Å². The molecule has 0 unspecified atom stereocenters. The molecule has 2 aromatic carbocycles. The first-order valence-electron chi connectivity index (χ1n) is 8.45. The van der Waals surface area contributed by atoms with Crippen molar-refractivity contribution in [2.45, 2.75) is 23.6 Å². The van der Waals surface area contributed by atoms with Crippen molar-refractivity contribution in [3.05, 3.63) is 47.5 Å². The number of nitrogens with one attached hydrogen (secondary N) is 1. The fourth-order valence-corrected chi connectivity index (χ4v) is 4.72. The molecule has 0 aromatic heterocycles. The van der Waals surface area contributed by atoms with Crippen LogP contribution in [0.5, 0.6) is 0 Å². The van der Waals surface area contributed by atoms with E-state index in [0.717, 1.165) is 16.0 Å². The van der Waals surface area contributed by atoms with Gasteiger partial charge in [-0.2, -0.15) is 0 Å². The molecule has 1 aliphatic heterocycles. The third-order valence-corrected chi connectivity index (χ3v) is 6.88. The van der Waals surface area contributed by atoms with Crippen molar-refractivity contribution in [3.63, 3.8) is 0 Å². The third kappa shape index (κ3) is 4.15. The summed E-state index contributed by atoms with van der Waals surface area (Å²) in [6, 6.07) is 9.83. The number of nitrogens with zero attached hydrogens (tertiary/aromatic N) is 1. The number of esters is 1. The quantitative estimate of drug-likeness (QED) is 0.748. The number of thioether (sulfide) groups is 1. The lowest BCUT2D eigenvalue weighted by atomic mass is 10.1. The largest absolute Gasteiger partial charge is 0.468 e. The van der Waals surface area contributed by atoms with E-state index in [1.807, 2.05) is 19.9 Å². The van der Waals surface area contributed by atoms with Crippen LogP contribution in [0.15, 0.2) is 46.2 Å². The number of ether oxygens (including phenoxy) is 1. The van der Waals surface area contributed by atoms with Gasteiger partial charge in [-0.15, -0.1) is 11.8 Å². The van der Waals surface area contributed by atoms with Crippen molar-refractivity contribution < 1.29 is 22.7 Å². The molecule has 0 spiro atoms. The standard InChI is InChI=1S/C19H20N2O5S2/c1-12-4-5-14(8-13(12)2)20-28(24,25)15-6-7-17-16(9-15)21(10-19(23)26-3)18(22)11-27-17/h4-9,20H,10-11H2,1-3H3. The molecule has 3 rings (SSSR count). The molecule has 148 valence electrons. The highest BCUT2D eigenvalue weighted by atomic mass is 32.2. The van der Waals surface area contributed by atoms with Gasteiger partial charge in [-0.3, -0.25) is 19.2 Å². The van der Waals surface area contributed by atoms with E-state index < -0.39 is 16.0 Å². The average molecular weight is 421 g/mol. The van der Waals surface area contributed by atoms with Crippen molar-refractivity contribution in [1.82, 2.24) is 0 Å². The third-order valence-electron chi connectivity index (χ3n) is 4.46. The summed E-state index contributed by atoms with van der Waals surface area (Å²) in [5.41, 5.74) is 2.87. The average Bonchev–Trinajstić information content (AvgIpc) is 2.66. The highest BCUT2D eigenvalue weighted by Crippen LogP contribution is 2.37. The van der Waals surface area contributed by atoms with Crippen LogP contribution in [-0.2, 0) is 24.3 Å². The van der Waals surface area contributed by atoms with Gasteiger partial charge in [0.05, 0.1) is 23.4 Å². The zero-order chi connectivity index (χ0) is 20.5. The molecule has 28 heavy (non-hydrogen) atoms. The molecule has 1 N–H and O–H groups in total. The lowest BCUT2D eigenvalue weighted by Crippen LogP contribution is -2.39. The molecule has 1 amide bonds. The van der Waals surface area contributed by atoms with E-state index in [-0.39, 0.29) is 23.1 Å². The van der Waals surface area contributed by atoms with Gasteiger partial charge in [0.15, 0.2) is 0 Å². The highest BCUT2D eigenvalue weighted by Gasteiger charge is 2.28. The Hall–Kier alpha value is -2.52. The maximum Gasteiger partial charge on any atom is 0.325 e. The number of anilines is 2. The molecule has 1 aliphatic rings. The van der Waals surface area contributed by atoms with Gasteiger partial charge in [-0.1, -0.05) is 6.07 Å². The molecule has 0 saturated heterocycles. The molecule has 1 heterocycles. The SMILES string of the molecule is COC(=O)CN1C(=O)CSc2ccc(S(=O)(=O)Nc3ccc(C)c(C)c3)cc21. The summed E-state index contributed by atoms with van der Waals surface area (Å²) < 4.78 is 32.9. The molecule has 0 bridgehead atoms. The normalized spacial score (nSPS) is 13.8. The van der Waals surface area contributed by atoms with E-state index in [1.165, 1.54) is 35.9 Å². The summed E-state index contributed by atoms with van der Waals surface area (Å²) in [5, 5.41) is 0. The van der Waals surface area contributed by atoms with Gasteiger partial charge in [0.1, 0.15) is 6.54 Å². The second-order valence-corrected chi connectivity index (χ2v) is 9.08. The lowest BCUT2D eigenvalue weighted by molar-refractivity contribution is -0.139. The second kappa shape index (κ2) is 7.84. The number of amides is 1. The van der Waals surface area contributed by atoms with Crippen LogP contribution in [0.25, 0.3) is 0 Å². The van der Waals surface area contributed by atoms with Crippen LogP contribution in [0.2, 0.25) is 0 Å². The Balaban J connectivity index is 1.95. The first-order valence-corrected chi connectivity index (χ1v) is 10.9.